The summed E-state index contributed by atoms with van der Waals surface area (Å²) in [6.45, 7) is 1.45. The minimum atomic E-state index is -3.68. The Morgan fingerprint density at radius 2 is 1.44 bits per heavy atom. The molecule has 0 atom stereocenters. The predicted octanol–water partition coefficient (Wildman–Crippen LogP) is 1.84. The number of benzene rings is 2. The summed E-state index contributed by atoms with van der Waals surface area (Å²) >= 11 is 5.77. The van der Waals surface area contributed by atoms with Gasteiger partial charge in [-0.15, -0.1) is 0 Å². The van der Waals surface area contributed by atoms with Crippen molar-refractivity contribution in [1.82, 2.24) is 9.03 Å². The molecule has 2 aromatic rings. The molecule has 0 aromatic heterocycles. The zero-order valence-corrected chi connectivity index (χ0v) is 16.7. The maximum atomic E-state index is 12.6. The van der Waals surface area contributed by atoms with Crippen LogP contribution < -0.4 is 4.72 Å². The van der Waals surface area contributed by atoms with Crippen LogP contribution in [0, 0.1) is 0 Å². The Labute approximate surface area is 164 Å². The molecule has 1 aliphatic heterocycles. The molecule has 1 heterocycles. The van der Waals surface area contributed by atoms with Crippen molar-refractivity contribution in [2.75, 3.05) is 26.3 Å². The van der Waals surface area contributed by atoms with E-state index in [9.17, 15) is 16.8 Å². The maximum absolute atomic E-state index is 12.6. The number of halogens is 1. The van der Waals surface area contributed by atoms with E-state index in [1.54, 1.807) is 12.1 Å². The lowest BCUT2D eigenvalue weighted by Crippen LogP contribution is -2.40. The van der Waals surface area contributed by atoms with E-state index in [0.717, 1.165) is 0 Å². The largest absolute Gasteiger partial charge is 0.379 e. The molecule has 2 aromatic carbocycles. The fraction of sp³-hybridized carbons (Fsp3) is 0.294. The Hall–Kier alpha value is -1.49. The number of rotatable bonds is 6. The van der Waals surface area contributed by atoms with E-state index in [1.165, 1.54) is 40.7 Å². The zero-order chi connectivity index (χ0) is 19.5. The predicted molar refractivity (Wildman–Crippen MR) is 101 cm³/mol. The van der Waals surface area contributed by atoms with Gasteiger partial charge < -0.3 is 4.74 Å². The first kappa shape index (κ1) is 20.2. The van der Waals surface area contributed by atoms with E-state index < -0.39 is 20.0 Å². The molecule has 1 fully saturated rings. The molecule has 0 aliphatic carbocycles. The number of morpholine rings is 1. The molecule has 1 saturated heterocycles. The number of nitrogens with zero attached hydrogens (tertiary/aromatic N) is 1. The van der Waals surface area contributed by atoms with Crippen LogP contribution in [0.25, 0.3) is 0 Å². The number of sulfonamides is 2. The summed E-state index contributed by atoms with van der Waals surface area (Å²) in [6.07, 6.45) is 0. The monoisotopic (exact) mass is 430 g/mol. The molecule has 0 spiro atoms. The molecule has 146 valence electrons. The van der Waals surface area contributed by atoms with Gasteiger partial charge in [-0.2, -0.15) is 4.31 Å². The Morgan fingerprint density at radius 1 is 0.889 bits per heavy atom. The average Bonchev–Trinajstić information content (AvgIpc) is 2.68. The molecule has 0 amide bonds. The molecule has 1 aliphatic rings. The van der Waals surface area contributed by atoms with Crippen LogP contribution in [0.2, 0.25) is 5.02 Å². The highest BCUT2D eigenvalue weighted by molar-refractivity contribution is 7.89. The summed E-state index contributed by atoms with van der Waals surface area (Å²) in [5.41, 5.74) is 0.647. The number of nitrogens with one attached hydrogen (secondary N) is 1. The van der Waals surface area contributed by atoms with E-state index in [2.05, 4.69) is 4.72 Å². The highest BCUT2D eigenvalue weighted by Gasteiger charge is 2.26. The van der Waals surface area contributed by atoms with Gasteiger partial charge in [-0.3, -0.25) is 0 Å². The summed E-state index contributed by atoms with van der Waals surface area (Å²) in [5, 5.41) is 0.450. The lowest BCUT2D eigenvalue weighted by Gasteiger charge is -2.26. The van der Waals surface area contributed by atoms with Gasteiger partial charge in [-0.05, 0) is 42.0 Å². The van der Waals surface area contributed by atoms with Crippen LogP contribution >= 0.6 is 11.6 Å². The van der Waals surface area contributed by atoms with Gasteiger partial charge >= 0.3 is 0 Å². The van der Waals surface area contributed by atoms with E-state index in [4.69, 9.17) is 16.3 Å². The van der Waals surface area contributed by atoms with Crippen LogP contribution in [0.5, 0.6) is 0 Å². The number of ether oxygens (including phenoxy) is 1. The molecule has 27 heavy (non-hydrogen) atoms. The smallest absolute Gasteiger partial charge is 0.243 e. The van der Waals surface area contributed by atoms with Crippen molar-refractivity contribution in [3.05, 3.63) is 59.1 Å². The molecule has 3 rings (SSSR count). The van der Waals surface area contributed by atoms with Gasteiger partial charge in [0.25, 0.3) is 0 Å². The van der Waals surface area contributed by atoms with Crippen LogP contribution in [-0.4, -0.2) is 47.4 Å². The van der Waals surface area contributed by atoms with Crippen molar-refractivity contribution in [2.45, 2.75) is 16.3 Å². The van der Waals surface area contributed by atoms with Gasteiger partial charge in [0.05, 0.1) is 23.0 Å². The molecule has 0 saturated carbocycles. The number of hydrogen-bond acceptors (Lipinski definition) is 5. The minimum Gasteiger partial charge on any atom is -0.379 e. The summed E-state index contributed by atoms with van der Waals surface area (Å²) in [4.78, 5) is 0.284. The highest BCUT2D eigenvalue weighted by atomic mass is 35.5. The first-order valence-corrected chi connectivity index (χ1v) is 11.5. The fourth-order valence-corrected chi connectivity index (χ4v) is 5.14. The van der Waals surface area contributed by atoms with Crippen molar-refractivity contribution in [2.24, 2.45) is 0 Å². The zero-order valence-electron chi connectivity index (χ0n) is 14.3. The molecule has 0 unspecified atom stereocenters. The van der Waals surface area contributed by atoms with Crippen molar-refractivity contribution >= 4 is 31.6 Å². The molecule has 1 N–H and O–H groups in total. The first-order valence-electron chi connectivity index (χ1n) is 8.21. The molecular weight excluding hydrogens is 412 g/mol. The van der Waals surface area contributed by atoms with E-state index in [1.807, 2.05) is 0 Å². The summed E-state index contributed by atoms with van der Waals surface area (Å²) in [6, 6.07) is 12.0. The molecule has 0 bridgehead atoms. The fourth-order valence-electron chi connectivity index (χ4n) is 2.59. The highest BCUT2D eigenvalue weighted by Crippen LogP contribution is 2.18. The molecule has 7 nitrogen and oxygen atoms in total. The van der Waals surface area contributed by atoms with Crippen LogP contribution in [0.3, 0.4) is 0 Å². The van der Waals surface area contributed by atoms with Gasteiger partial charge in [-0.25, -0.2) is 21.6 Å². The first-order chi connectivity index (χ1) is 12.8. The lowest BCUT2D eigenvalue weighted by atomic mass is 10.2. The average molecular weight is 431 g/mol. The SMILES string of the molecule is O=S(=O)(NCc1ccc(S(=O)(=O)N2CCOCC2)cc1)c1ccc(Cl)cc1. The topological polar surface area (TPSA) is 92.8 Å². The number of hydrogen-bond donors (Lipinski definition) is 1. The molecule has 0 radical (unpaired) electrons. The third-order valence-electron chi connectivity index (χ3n) is 4.12. The molecular formula is C17H19ClN2O5S2. The van der Waals surface area contributed by atoms with Crippen molar-refractivity contribution in [3.63, 3.8) is 0 Å². The van der Waals surface area contributed by atoms with Gasteiger partial charge in [0, 0.05) is 24.7 Å². The Balaban J connectivity index is 1.68. The third kappa shape index (κ3) is 4.87. The van der Waals surface area contributed by atoms with Crippen molar-refractivity contribution < 1.29 is 21.6 Å². The van der Waals surface area contributed by atoms with Gasteiger partial charge in [-0.1, -0.05) is 23.7 Å². The van der Waals surface area contributed by atoms with Gasteiger partial charge in [0.15, 0.2) is 0 Å². The Bertz CT molecular complexity index is 985. The second kappa shape index (κ2) is 8.26. The quantitative estimate of drug-likeness (QED) is 0.754. The van der Waals surface area contributed by atoms with Crippen LogP contribution in [0.15, 0.2) is 58.3 Å². The maximum Gasteiger partial charge on any atom is 0.243 e. The summed E-state index contributed by atoms with van der Waals surface area (Å²) in [5.74, 6) is 0. The van der Waals surface area contributed by atoms with E-state index in [-0.39, 0.29) is 16.3 Å². The van der Waals surface area contributed by atoms with E-state index >= 15 is 0 Å². The standard InChI is InChI=1S/C17H19ClN2O5S2/c18-15-3-7-16(8-4-15)26(21,22)19-13-14-1-5-17(6-2-14)27(23,24)20-9-11-25-12-10-20/h1-8,19H,9-13H2. The normalized spacial score (nSPS) is 16.3. The second-order valence-corrected chi connectivity index (χ2v) is 10.1. The Kier molecular flexibility index (Phi) is 6.19. The van der Waals surface area contributed by atoms with Gasteiger partial charge in [0.2, 0.25) is 20.0 Å². The van der Waals surface area contributed by atoms with Crippen molar-refractivity contribution in [3.8, 4) is 0 Å². The Morgan fingerprint density at radius 3 is 2.04 bits per heavy atom. The molecule has 10 heteroatoms. The minimum absolute atomic E-state index is 0.0445. The van der Waals surface area contributed by atoms with Crippen LogP contribution in [-0.2, 0) is 31.3 Å². The van der Waals surface area contributed by atoms with Crippen molar-refractivity contribution in [1.29, 1.82) is 0 Å². The van der Waals surface area contributed by atoms with Crippen LogP contribution in [0.4, 0.5) is 0 Å². The van der Waals surface area contributed by atoms with Crippen LogP contribution in [0.1, 0.15) is 5.56 Å². The van der Waals surface area contributed by atoms with E-state index in [0.29, 0.717) is 36.9 Å². The second-order valence-electron chi connectivity index (χ2n) is 5.94. The van der Waals surface area contributed by atoms with Gasteiger partial charge in [0.1, 0.15) is 0 Å². The third-order valence-corrected chi connectivity index (χ3v) is 7.70. The lowest BCUT2D eigenvalue weighted by molar-refractivity contribution is 0.0730. The summed E-state index contributed by atoms with van der Waals surface area (Å²) in [7, 11) is -7.25. The summed E-state index contributed by atoms with van der Waals surface area (Å²) < 4.78 is 58.8.